The van der Waals surface area contributed by atoms with E-state index in [0.717, 1.165) is 32.1 Å². The normalized spacial score (nSPS) is 13.6. The van der Waals surface area contributed by atoms with Gasteiger partial charge in [0, 0.05) is 19.6 Å². The lowest BCUT2D eigenvalue weighted by atomic mass is 10.0. The first-order valence-electron chi connectivity index (χ1n) is 19.0. The Morgan fingerprint density at radius 3 is 1.40 bits per heavy atom. The average Bonchev–Trinajstić information content (AvgIpc) is 3.02. The van der Waals surface area contributed by atoms with Crippen LogP contribution in [0.4, 0.5) is 0 Å². The molecule has 0 heterocycles. The summed E-state index contributed by atoms with van der Waals surface area (Å²) < 4.78 is 33.3. The van der Waals surface area contributed by atoms with Gasteiger partial charge in [0.25, 0.3) is 0 Å². The fourth-order valence-corrected chi connectivity index (χ4v) is 6.23. The lowest BCUT2D eigenvalue weighted by Crippen LogP contribution is -2.28. The van der Waals surface area contributed by atoms with E-state index >= 15 is 0 Å². The maximum absolute atomic E-state index is 12.5. The number of hydrogen-bond donors (Lipinski definition) is 2. The molecule has 2 atom stereocenters. The molecule has 0 rings (SSSR count). The highest BCUT2D eigenvalue weighted by Gasteiger charge is 2.25. The predicted molar refractivity (Wildman–Crippen MR) is 187 cm³/mol. The van der Waals surface area contributed by atoms with Crippen LogP contribution in [-0.4, -0.2) is 49.9 Å². The topological polar surface area (TPSA) is 117 Å². The number of nitrogens with two attached hydrogens (primary N) is 1. The van der Waals surface area contributed by atoms with Gasteiger partial charge in [0.1, 0.15) is 6.10 Å². The molecule has 0 aromatic rings. The van der Waals surface area contributed by atoms with Gasteiger partial charge < -0.3 is 20.1 Å². The summed E-state index contributed by atoms with van der Waals surface area (Å²) in [7, 11) is -4.26. The van der Waals surface area contributed by atoms with Gasteiger partial charge >= 0.3 is 13.8 Å². The van der Waals surface area contributed by atoms with Gasteiger partial charge in [0.2, 0.25) is 0 Å². The number of phosphoric acid groups is 1. The van der Waals surface area contributed by atoms with E-state index in [0.29, 0.717) is 13.0 Å². The molecule has 270 valence electrons. The fraction of sp³-hybridized carbons (Fsp3) is 0.972. The van der Waals surface area contributed by atoms with E-state index in [1.165, 1.54) is 135 Å². The number of carbonyl (C=O) groups excluding carboxylic acids is 1. The lowest BCUT2D eigenvalue weighted by Gasteiger charge is -2.20. The van der Waals surface area contributed by atoms with Crippen molar-refractivity contribution in [3.63, 3.8) is 0 Å². The van der Waals surface area contributed by atoms with Crippen molar-refractivity contribution in [2.24, 2.45) is 5.73 Å². The summed E-state index contributed by atoms with van der Waals surface area (Å²) in [6.45, 7) is 4.95. The molecule has 0 aromatic carbocycles. The number of rotatable bonds is 37. The van der Waals surface area contributed by atoms with Gasteiger partial charge in [0.05, 0.1) is 19.8 Å². The second-order valence-corrected chi connectivity index (χ2v) is 14.3. The van der Waals surface area contributed by atoms with Crippen molar-refractivity contribution in [1.29, 1.82) is 0 Å². The quantitative estimate of drug-likeness (QED) is 0.0383. The molecule has 0 saturated carbocycles. The van der Waals surface area contributed by atoms with Crippen molar-refractivity contribution in [2.75, 3.05) is 33.0 Å². The molecule has 9 heteroatoms. The van der Waals surface area contributed by atoms with Crippen LogP contribution in [0.5, 0.6) is 0 Å². The number of carbonyl (C=O) groups is 1. The first kappa shape index (κ1) is 44.5. The summed E-state index contributed by atoms with van der Waals surface area (Å²) in [5.41, 5.74) is 5.35. The zero-order valence-corrected chi connectivity index (χ0v) is 30.5. The van der Waals surface area contributed by atoms with Crippen molar-refractivity contribution in [2.45, 2.75) is 193 Å². The average molecular weight is 664 g/mol. The molecule has 0 saturated heterocycles. The largest absolute Gasteiger partial charge is 0.472 e. The molecule has 0 aliphatic carbocycles. The highest BCUT2D eigenvalue weighted by atomic mass is 31.2. The third-order valence-electron chi connectivity index (χ3n) is 8.27. The Kier molecular flexibility index (Phi) is 34.4. The van der Waals surface area contributed by atoms with Crippen LogP contribution in [0, 0.1) is 0 Å². The van der Waals surface area contributed by atoms with E-state index in [-0.39, 0.29) is 32.3 Å². The van der Waals surface area contributed by atoms with Gasteiger partial charge in [-0.1, -0.05) is 168 Å². The minimum atomic E-state index is -4.26. The van der Waals surface area contributed by atoms with Crippen molar-refractivity contribution >= 4 is 13.8 Å². The summed E-state index contributed by atoms with van der Waals surface area (Å²) in [5.74, 6) is -0.327. The molecule has 0 amide bonds. The van der Waals surface area contributed by atoms with Gasteiger partial charge in [-0.05, 0) is 12.8 Å². The number of unbranched alkanes of at least 4 members (excludes halogenated alkanes) is 24. The molecule has 0 aliphatic rings. The third kappa shape index (κ3) is 34.6. The van der Waals surface area contributed by atoms with Crippen LogP contribution in [0.3, 0.4) is 0 Å². The molecule has 0 bridgehead atoms. The Morgan fingerprint density at radius 1 is 0.578 bits per heavy atom. The standard InChI is InChI=1S/C36H74NO7P/c1-3-5-7-9-11-13-15-17-19-21-23-25-27-29-36(38)44-35(34-43-45(39,40)42-32-30-37)33-41-31-28-26-24-22-20-18-16-14-12-10-8-6-4-2/h35H,3-34,37H2,1-2H3,(H,39,40). The number of ether oxygens (including phenoxy) is 2. The van der Waals surface area contributed by atoms with Gasteiger partial charge in [-0.2, -0.15) is 0 Å². The minimum absolute atomic E-state index is 0.0904. The van der Waals surface area contributed by atoms with Gasteiger partial charge in [-0.3, -0.25) is 13.8 Å². The van der Waals surface area contributed by atoms with Gasteiger partial charge in [-0.25, -0.2) is 4.57 Å². The Labute approximate surface area is 278 Å². The number of hydrogen-bond acceptors (Lipinski definition) is 7. The van der Waals surface area contributed by atoms with Crippen molar-refractivity contribution < 1.29 is 32.8 Å². The zero-order valence-electron chi connectivity index (χ0n) is 29.6. The van der Waals surface area contributed by atoms with Crippen LogP contribution in [-0.2, 0) is 27.9 Å². The molecule has 45 heavy (non-hydrogen) atoms. The van der Waals surface area contributed by atoms with E-state index in [9.17, 15) is 14.3 Å². The minimum Gasteiger partial charge on any atom is -0.457 e. The molecule has 3 N–H and O–H groups in total. The highest BCUT2D eigenvalue weighted by Crippen LogP contribution is 2.43. The van der Waals surface area contributed by atoms with Crippen LogP contribution in [0.2, 0.25) is 0 Å². The van der Waals surface area contributed by atoms with E-state index < -0.39 is 13.9 Å². The van der Waals surface area contributed by atoms with E-state index in [1.807, 2.05) is 0 Å². The van der Waals surface area contributed by atoms with E-state index in [2.05, 4.69) is 13.8 Å². The second kappa shape index (κ2) is 34.8. The molecule has 0 aliphatic heterocycles. The van der Waals surface area contributed by atoms with Crippen molar-refractivity contribution in [3.8, 4) is 0 Å². The molecule has 0 spiro atoms. The van der Waals surface area contributed by atoms with Gasteiger partial charge in [-0.15, -0.1) is 0 Å². The van der Waals surface area contributed by atoms with E-state index in [4.69, 9.17) is 24.3 Å². The van der Waals surface area contributed by atoms with Crippen molar-refractivity contribution in [1.82, 2.24) is 0 Å². The summed E-state index contributed by atoms with van der Waals surface area (Å²) in [6, 6.07) is 0. The summed E-state index contributed by atoms with van der Waals surface area (Å²) >= 11 is 0. The molecule has 0 fully saturated rings. The van der Waals surface area contributed by atoms with Crippen LogP contribution in [0.15, 0.2) is 0 Å². The number of phosphoric ester groups is 1. The first-order chi connectivity index (χ1) is 21.9. The molecule has 8 nitrogen and oxygen atoms in total. The molecule has 2 unspecified atom stereocenters. The third-order valence-corrected chi connectivity index (χ3v) is 9.26. The maximum atomic E-state index is 12.5. The molecule has 0 radical (unpaired) electrons. The Bertz CT molecular complexity index is 667. The molecular weight excluding hydrogens is 589 g/mol. The number of esters is 1. The smallest absolute Gasteiger partial charge is 0.457 e. The Balaban J connectivity index is 4.05. The monoisotopic (exact) mass is 664 g/mol. The highest BCUT2D eigenvalue weighted by molar-refractivity contribution is 7.47. The van der Waals surface area contributed by atoms with E-state index in [1.54, 1.807) is 0 Å². The summed E-state index contributed by atoms with van der Waals surface area (Å²) in [5, 5.41) is 0. The zero-order chi connectivity index (χ0) is 33.1. The SMILES string of the molecule is CCCCCCCCCCCCCCCOCC(COP(=O)(O)OCCN)OC(=O)CCCCCCCCCCCCCCC. The van der Waals surface area contributed by atoms with Crippen LogP contribution in [0.1, 0.15) is 187 Å². The summed E-state index contributed by atoms with van der Waals surface area (Å²) in [4.78, 5) is 22.3. The first-order valence-corrected chi connectivity index (χ1v) is 20.5. The predicted octanol–water partition coefficient (Wildman–Crippen LogP) is 10.6. The molecule has 0 aromatic heterocycles. The van der Waals surface area contributed by atoms with Crippen LogP contribution >= 0.6 is 7.82 Å². The van der Waals surface area contributed by atoms with Crippen LogP contribution < -0.4 is 5.73 Å². The lowest BCUT2D eigenvalue weighted by molar-refractivity contribution is -0.154. The second-order valence-electron chi connectivity index (χ2n) is 12.8. The Hall–Kier alpha value is -0.500. The maximum Gasteiger partial charge on any atom is 0.472 e. The van der Waals surface area contributed by atoms with Gasteiger partial charge in [0.15, 0.2) is 0 Å². The van der Waals surface area contributed by atoms with Crippen molar-refractivity contribution in [3.05, 3.63) is 0 Å². The molecular formula is C36H74NO7P. The summed E-state index contributed by atoms with van der Waals surface area (Å²) in [6.07, 6.45) is 32.5. The fourth-order valence-electron chi connectivity index (χ4n) is 5.47. The Morgan fingerprint density at radius 2 is 0.978 bits per heavy atom. The van der Waals surface area contributed by atoms with Crippen LogP contribution in [0.25, 0.3) is 0 Å².